The smallest absolute Gasteiger partial charge is 0.0628 e. The summed E-state index contributed by atoms with van der Waals surface area (Å²) in [5.41, 5.74) is 2.64. The van der Waals surface area contributed by atoms with E-state index in [1.165, 1.54) is 32.1 Å². The van der Waals surface area contributed by atoms with E-state index in [2.05, 4.69) is 31.3 Å². The molecule has 2 heteroatoms. The summed E-state index contributed by atoms with van der Waals surface area (Å²) < 4.78 is 0. The van der Waals surface area contributed by atoms with E-state index in [0.29, 0.717) is 11.5 Å². The SMILES string of the molecule is CC(C)C1(C)CCCCC2N=CSC2C1. The predicted molar refractivity (Wildman–Crippen MR) is 69.7 cm³/mol. The number of nitrogens with zero attached hydrogens (tertiary/aromatic N) is 1. The summed E-state index contributed by atoms with van der Waals surface area (Å²) in [4.78, 5) is 4.62. The Morgan fingerprint density at radius 1 is 1.40 bits per heavy atom. The Bertz CT molecular complexity index is 249. The van der Waals surface area contributed by atoms with Crippen molar-refractivity contribution in [3.8, 4) is 0 Å². The average Bonchev–Trinajstić information content (AvgIpc) is 2.56. The van der Waals surface area contributed by atoms with Crippen molar-refractivity contribution in [1.29, 1.82) is 0 Å². The second-order valence-electron chi connectivity index (χ2n) is 5.75. The van der Waals surface area contributed by atoms with Gasteiger partial charge >= 0.3 is 0 Å². The maximum absolute atomic E-state index is 4.62. The Morgan fingerprint density at radius 2 is 2.20 bits per heavy atom. The quantitative estimate of drug-likeness (QED) is 0.654. The Labute approximate surface area is 98.1 Å². The molecule has 0 aromatic carbocycles. The first-order valence-electron chi connectivity index (χ1n) is 6.29. The van der Waals surface area contributed by atoms with Crippen molar-refractivity contribution in [1.82, 2.24) is 0 Å². The van der Waals surface area contributed by atoms with Gasteiger partial charge in [0.25, 0.3) is 0 Å². The number of thioether (sulfide) groups is 1. The highest BCUT2D eigenvalue weighted by Crippen LogP contribution is 2.44. The number of rotatable bonds is 1. The first kappa shape index (κ1) is 11.5. The maximum atomic E-state index is 4.62. The van der Waals surface area contributed by atoms with E-state index in [-0.39, 0.29) is 0 Å². The van der Waals surface area contributed by atoms with Gasteiger partial charge in [-0.2, -0.15) is 0 Å². The van der Waals surface area contributed by atoms with Gasteiger partial charge in [-0.3, -0.25) is 4.99 Å². The molecule has 3 unspecified atom stereocenters. The van der Waals surface area contributed by atoms with Gasteiger partial charge in [0, 0.05) is 5.25 Å². The second-order valence-corrected chi connectivity index (χ2v) is 6.84. The van der Waals surface area contributed by atoms with Crippen LogP contribution in [-0.2, 0) is 0 Å². The molecule has 2 aliphatic rings. The van der Waals surface area contributed by atoms with E-state index in [4.69, 9.17) is 0 Å². The van der Waals surface area contributed by atoms with Gasteiger partial charge in [-0.1, -0.05) is 33.6 Å². The van der Waals surface area contributed by atoms with Crippen LogP contribution in [0.3, 0.4) is 0 Å². The van der Waals surface area contributed by atoms with Crippen molar-refractivity contribution in [3.63, 3.8) is 0 Å². The molecule has 0 spiro atoms. The molecule has 1 aliphatic carbocycles. The normalized spacial score (nSPS) is 41.3. The van der Waals surface area contributed by atoms with Gasteiger partial charge < -0.3 is 0 Å². The summed E-state index contributed by atoms with van der Waals surface area (Å²) in [5, 5.41) is 0.776. The highest BCUT2D eigenvalue weighted by atomic mass is 32.2. The highest BCUT2D eigenvalue weighted by molar-refractivity contribution is 8.12. The topological polar surface area (TPSA) is 12.4 Å². The minimum atomic E-state index is 0.546. The van der Waals surface area contributed by atoms with Gasteiger partial charge in [0.15, 0.2) is 0 Å². The van der Waals surface area contributed by atoms with E-state index < -0.39 is 0 Å². The van der Waals surface area contributed by atoms with E-state index in [9.17, 15) is 0 Å². The van der Waals surface area contributed by atoms with Crippen LogP contribution in [0, 0.1) is 11.3 Å². The molecule has 1 fully saturated rings. The zero-order chi connectivity index (χ0) is 10.9. The fraction of sp³-hybridized carbons (Fsp3) is 0.923. The lowest BCUT2D eigenvalue weighted by Gasteiger charge is -2.39. The third kappa shape index (κ3) is 2.41. The second kappa shape index (κ2) is 4.48. The molecule has 0 aromatic rings. The van der Waals surface area contributed by atoms with Gasteiger partial charge in [0.05, 0.1) is 11.6 Å². The number of hydrogen-bond donors (Lipinski definition) is 0. The van der Waals surface area contributed by atoms with Crippen molar-refractivity contribution < 1.29 is 0 Å². The molecular weight excluding hydrogens is 202 g/mol. The molecule has 86 valence electrons. The molecule has 15 heavy (non-hydrogen) atoms. The molecule has 2 rings (SSSR count). The number of fused-ring (bicyclic) bond motifs is 1. The summed E-state index contributed by atoms with van der Waals surface area (Å²) >= 11 is 1.98. The van der Waals surface area contributed by atoms with Crippen molar-refractivity contribution in [2.24, 2.45) is 16.3 Å². The molecular formula is C13H23NS. The first-order chi connectivity index (χ1) is 7.12. The molecule has 1 aliphatic heterocycles. The monoisotopic (exact) mass is 225 g/mol. The minimum Gasteiger partial charge on any atom is -0.282 e. The van der Waals surface area contributed by atoms with E-state index in [1.54, 1.807) is 0 Å². The average molecular weight is 225 g/mol. The molecule has 0 amide bonds. The zero-order valence-electron chi connectivity index (χ0n) is 10.2. The van der Waals surface area contributed by atoms with Crippen LogP contribution in [-0.4, -0.2) is 16.8 Å². The van der Waals surface area contributed by atoms with E-state index in [1.807, 2.05) is 11.8 Å². The van der Waals surface area contributed by atoms with Crippen LogP contribution in [0.25, 0.3) is 0 Å². The zero-order valence-corrected chi connectivity index (χ0v) is 11.0. The summed E-state index contributed by atoms with van der Waals surface area (Å²) in [6.07, 6.45) is 6.87. The highest BCUT2D eigenvalue weighted by Gasteiger charge is 2.37. The van der Waals surface area contributed by atoms with Crippen LogP contribution in [0.2, 0.25) is 0 Å². The van der Waals surface area contributed by atoms with Crippen LogP contribution in [0.5, 0.6) is 0 Å². The molecule has 1 heterocycles. The minimum absolute atomic E-state index is 0.546. The molecule has 0 radical (unpaired) electrons. The third-order valence-electron chi connectivity index (χ3n) is 4.48. The van der Waals surface area contributed by atoms with Gasteiger partial charge in [-0.25, -0.2) is 0 Å². The lowest BCUT2D eigenvalue weighted by Crippen LogP contribution is -2.33. The molecule has 1 nitrogen and oxygen atoms in total. The summed E-state index contributed by atoms with van der Waals surface area (Å²) in [6, 6.07) is 0.633. The van der Waals surface area contributed by atoms with Gasteiger partial charge in [-0.05, 0) is 30.6 Å². The molecule has 0 aromatic heterocycles. The van der Waals surface area contributed by atoms with Gasteiger partial charge in [-0.15, -0.1) is 11.8 Å². The Hall–Kier alpha value is 0.0200. The number of aliphatic imine (C=N–C) groups is 1. The van der Waals surface area contributed by atoms with Crippen LogP contribution >= 0.6 is 11.8 Å². The van der Waals surface area contributed by atoms with Crippen molar-refractivity contribution in [2.45, 2.75) is 64.2 Å². The van der Waals surface area contributed by atoms with Crippen LogP contribution in [0.4, 0.5) is 0 Å². The fourth-order valence-electron chi connectivity index (χ4n) is 2.79. The molecule has 1 saturated carbocycles. The Balaban J connectivity index is 2.09. The molecule has 0 bridgehead atoms. The van der Waals surface area contributed by atoms with Crippen molar-refractivity contribution in [3.05, 3.63) is 0 Å². The van der Waals surface area contributed by atoms with Crippen molar-refractivity contribution in [2.75, 3.05) is 0 Å². The summed E-state index contributed by atoms with van der Waals surface area (Å²) in [6.45, 7) is 7.26. The van der Waals surface area contributed by atoms with E-state index in [0.717, 1.165) is 11.2 Å². The largest absolute Gasteiger partial charge is 0.282 e. The van der Waals surface area contributed by atoms with Crippen LogP contribution < -0.4 is 0 Å². The lowest BCUT2D eigenvalue weighted by molar-refractivity contribution is 0.159. The molecule has 0 saturated heterocycles. The third-order valence-corrected chi connectivity index (χ3v) is 5.55. The van der Waals surface area contributed by atoms with E-state index >= 15 is 0 Å². The van der Waals surface area contributed by atoms with Crippen LogP contribution in [0.1, 0.15) is 52.9 Å². The Kier molecular flexibility index (Phi) is 3.44. The predicted octanol–water partition coefficient (Wildman–Crippen LogP) is 4.13. The lowest BCUT2D eigenvalue weighted by atomic mass is 9.69. The first-order valence-corrected chi connectivity index (χ1v) is 7.23. The Morgan fingerprint density at radius 3 is 2.93 bits per heavy atom. The van der Waals surface area contributed by atoms with Gasteiger partial charge in [0.1, 0.15) is 0 Å². The number of hydrogen-bond acceptors (Lipinski definition) is 2. The maximum Gasteiger partial charge on any atom is 0.0628 e. The van der Waals surface area contributed by atoms with Crippen LogP contribution in [0.15, 0.2) is 4.99 Å². The van der Waals surface area contributed by atoms with Gasteiger partial charge in [0.2, 0.25) is 0 Å². The molecule has 3 atom stereocenters. The summed E-state index contributed by atoms with van der Waals surface area (Å²) in [5.74, 6) is 0.803. The summed E-state index contributed by atoms with van der Waals surface area (Å²) in [7, 11) is 0. The standard InChI is InChI=1S/C13H23NS/c1-10(2)13(3)7-5-4-6-11-12(8-13)15-9-14-11/h9-12H,4-8H2,1-3H3. The fourth-order valence-corrected chi connectivity index (χ4v) is 4.04. The molecule has 0 N–H and O–H groups in total. The van der Waals surface area contributed by atoms with Crippen molar-refractivity contribution >= 4 is 17.3 Å².